The molecule has 0 saturated heterocycles. The molecule has 5 nitrogen and oxygen atoms in total. The Hall–Kier alpha value is -3.26. The summed E-state index contributed by atoms with van der Waals surface area (Å²) >= 11 is 3.70. The number of aryl methyl sites for hydroxylation is 2. The van der Waals surface area contributed by atoms with E-state index in [4.69, 9.17) is 9.16 Å². The molecule has 4 aromatic rings. The summed E-state index contributed by atoms with van der Waals surface area (Å²) in [5, 5.41) is 2.30. The van der Waals surface area contributed by atoms with E-state index in [-0.39, 0.29) is 10.9 Å². The quantitative estimate of drug-likeness (QED) is 0.217. The zero-order chi connectivity index (χ0) is 29.2. The summed E-state index contributed by atoms with van der Waals surface area (Å²) in [5.74, 6) is 0.520. The molecule has 0 fully saturated rings. The van der Waals surface area contributed by atoms with Crippen molar-refractivity contribution in [3.05, 3.63) is 117 Å². The number of hydrogen-bond donors (Lipinski definition) is 0. The number of hydrogen-bond acceptors (Lipinski definition) is 4. The maximum Gasteiger partial charge on any atom is 0.261 e. The molecule has 1 aliphatic rings. The Bertz CT molecular complexity index is 1480. The first-order valence-corrected chi connectivity index (χ1v) is 16.7. The molecule has 0 atom stereocenters. The van der Waals surface area contributed by atoms with Crippen LogP contribution in [0, 0.1) is 13.8 Å². The number of ether oxygens (including phenoxy) is 1. The van der Waals surface area contributed by atoms with Gasteiger partial charge in [0.1, 0.15) is 12.4 Å². The van der Waals surface area contributed by atoms with E-state index in [9.17, 15) is 4.79 Å². The normalized spacial score (nSPS) is 13.9. The highest BCUT2D eigenvalue weighted by Gasteiger charge is 2.50. The number of halogens is 1. The maximum absolute atomic E-state index is 13.9. The smallest absolute Gasteiger partial charge is 0.261 e. The van der Waals surface area contributed by atoms with Crippen molar-refractivity contribution in [1.29, 1.82) is 0 Å². The highest BCUT2D eigenvalue weighted by molar-refractivity contribution is 9.10. The number of carbonyl (C=O) groups is 1. The molecular weight excluding hydrogens is 592 g/mol. The summed E-state index contributed by atoms with van der Waals surface area (Å²) < 4.78 is 14.0. The van der Waals surface area contributed by atoms with Crippen molar-refractivity contribution in [3.8, 4) is 5.75 Å². The van der Waals surface area contributed by atoms with E-state index in [0.717, 1.165) is 27.0 Å². The van der Waals surface area contributed by atoms with Gasteiger partial charge in [-0.05, 0) is 80.6 Å². The molecule has 5 rings (SSSR count). The standard InChI is InChI=1S/C34H37BrN2O3Si/c1-24-18-25(2)36-27(19-24)22-37-16-17-39-32-30(33(37)38)20-26(21-31(32)35)23-40-41(34(3,4)5,28-12-8-6-9-13-28)29-14-10-7-11-15-29/h6-15,18-21H,16-17,22-23H2,1-5H3. The van der Waals surface area contributed by atoms with Gasteiger partial charge in [0, 0.05) is 5.69 Å². The van der Waals surface area contributed by atoms with E-state index in [2.05, 4.69) is 97.1 Å². The minimum atomic E-state index is -2.74. The van der Waals surface area contributed by atoms with Gasteiger partial charge in [-0.3, -0.25) is 9.78 Å². The molecule has 3 aromatic carbocycles. The Balaban J connectivity index is 1.50. The maximum atomic E-state index is 13.9. The first kappa shape index (κ1) is 29.2. The van der Waals surface area contributed by atoms with Crippen LogP contribution in [0.4, 0.5) is 0 Å². The second kappa shape index (κ2) is 11.9. The minimum absolute atomic E-state index is 0.0635. The molecule has 0 unspecified atom stereocenters. The summed E-state index contributed by atoms with van der Waals surface area (Å²) in [6.07, 6.45) is 0. The number of carbonyl (C=O) groups excluding carboxylic acids is 1. The molecule has 2 heterocycles. The van der Waals surface area contributed by atoms with Crippen molar-refractivity contribution in [2.75, 3.05) is 13.2 Å². The third-order valence-corrected chi connectivity index (χ3v) is 13.2. The van der Waals surface area contributed by atoms with Crippen molar-refractivity contribution in [1.82, 2.24) is 9.88 Å². The number of amides is 1. The first-order valence-electron chi connectivity index (χ1n) is 14.0. The van der Waals surface area contributed by atoms with Gasteiger partial charge in [-0.25, -0.2) is 0 Å². The van der Waals surface area contributed by atoms with Crippen LogP contribution in [0.5, 0.6) is 5.75 Å². The Kier molecular flexibility index (Phi) is 8.50. The molecule has 0 saturated carbocycles. The zero-order valence-electron chi connectivity index (χ0n) is 24.4. The zero-order valence-corrected chi connectivity index (χ0v) is 27.0. The summed E-state index contributed by atoms with van der Waals surface area (Å²) in [6, 6.07) is 29.2. The number of pyridine rings is 1. The highest BCUT2D eigenvalue weighted by atomic mass is 79.9. The van der Waals surface area contributed by atoms with Crippen LogP contribution in [-0.2, 0) is 17.6 Å². The molecular formula is C34H37BrN2O3Si. The average Bonchev–Trinajstić information content (AvgIpc) is 3.08. The largest absolute Gasteiger partial charge is 0.490 e. The SMILES string of the molecule is Cc1cc(C)nc(CN2CCOc3c(Br)cc(CO[Si](c4ccccc4)(c4ccccc4)C(C)(C)C)cc3C2=O)c1. The van der Waals surface area contributed by atoms with Crippen molar-refractivity contribution < 1.29 is 14.0 Å². The second-order valence-corrected chi connectivity index (χ2v) is 16.9. The molecule has 0 aliphatic carbocycles. The van der Waals surface area contributed by atoms with E-state index in [1.165, 1.54) is 10.4 Å². The van der Waals surface area contributed by atoms with Crippen molar-refractivity contribution in [3.63, 3.8) is 0 Å². The van der Waals surface area contributed by atoms with Crippen LogP contribution in [0.3, 0.4) is 0 Å². The Morgan fingerprint density at radius 2 is 1.59 bits per heavy atom. The molecule has 0 radical (unpaired) electrons. The Labute approximate surface area is 252 Å². The molecule has 1 aromatic heterocycles. The fourth-order valence-electron chi connectivity index (χ4n) is 5.87. The van der Waals surface area contributed by atoms with Gasteiger partial charge < -0.3 is 14.1 Å². The lowest BCUT2D eigenvalue weighted by Crippen LogP contribution is -2.66. The van der Waals surface area contributed by atoms with Crippen LogP contribution >= 0.6 is 15.9 Å². The molecule has 1 amide bonds. The topological polar surface area (TPSA) is 51.7 Å². The number of aromatic nitrogens is 1. The summed E-state index contributed by atoms with van der Waals surface area (Å²) in [5.41, 5.74) is 4.43. The molecule has 0 spiro atoms. The van der Waals surface area contributed by atoms with Gasteiger partial charge in [0.25, 0.3) is 14.2 Å². The van der Waals surface area contributed by atoms with Gasteiger partial charge >= 0.3 is 0 Å². The van der Waals surface area contributed by atoms with Crippen LogP contribution in [-0.4, -0.2) is 37.3 Å². The van der Waals surface area contributed by atoms with Gasteiger partial charge in [0.2, 0.25) is 0 Å². The molecule has 7 heteroatoms. The average molecular weight is 630 g/mol. The van der Waals surface area contributed by atoms with Gasteiger partial charge in [0.15, 0.2) is 0 Å². The molecule has 0 N–H and O–H groups in total. The number of nitrogens with zero attached hydrogens (tertiary/aromatic N) is 2. The number of benzene rings is 3. The van der Waals surface area contributed by atoms with Gasteiger partial charge in [-0.1, -0.05) is 81.4 Å². The van der Waals surface area contributed by atoms with E-state index in [1.807, 2.05) is 48.2 Å². The second-order valence-electron chi connectivity index (χ2n) is 11.8. The van der Waals surface area contributed by atoms with Crippen LogP contribution in [0.15, 0.2) is 89.4 Å². The van der Waals surface area contributed by atoms with Crippen molar-refractivity contribution in [2.24, 2.45) is 0 Å². The van der Waals surface area contributed by atoms with Gasteiger partial charge in [-0.15, -0.1) is 0 Å². The summed E-state index contributed by atoms with van der Waals surface area (Å²) in [6.45, 7) is 12.5. The van der Waals surface area contributed by atoms with Crippen LogP contribution in [0.2, 0.25) is 5.04 Å². The predicted octanol–water partition coefficient (Wildman–Crippen LogP) is 6.57. The van der Waals surface area contributed by atoms with Crippen LogP contribution < -0.4 is 15.1 Å². The predicted molar refractivity (Wildman–Crippen MR) is 170 cm³/mol. The van der Waals surface area contributed by atoms with Crippen molar-refractivity contribution in [2.45, 2.75) is 52.8 Å². The molecule has 1 aliphatic heterocycles. The lowest BCUT2D eigenvalue weighted by atomic mass is 10.1. The first-order chi connectivity index (χ1) is 19.6. The fourth-order valence-corrected chi connectivity index (χ4v) is 11.0. The van der Waals surface area contributed by atoms with Crippen LogP contribution in [0.25, 0.3) is 0 Å². The van der Waals surface area contributed by atoms with Gasteiger partial charge in [-0.2, -0.15) is 0 Å². The van der Waals surface area contributed by atoms with E-state index < -0.39 is 8.32 Å². The number of fused-ring (bicyclic) bond motifs is 1. The summed E-state index contributed by atoms with van der Waals surface area (Å²) in [7, 11) is -2.74. The molecule has 41 heavy (non-hydrogen) atoms. The van der Waals surface area contributed by atoms with Gasteiger partial charge in [0.05, 0.1) is 35.4 Å². The molecule has 212 valence electrons. The third kappa shape index (κ3) is 6.03. The van der Waals surface area contributed by atoms with Crippen LogP contribution in [0.1, 0.15) is 53.6 Å². The lowest BCUT2D eigenvalue weighted by Gasteiger charge is -2.43. The van der Waals surface area contributed by atoms with E-state index in [0.29, 0.717) is 37.6 Å². The molecule has 0 bridgehead atoms. The highest BCUT2D eigenvalue weighted by Crippen LogP contribution is 2.39. The Morgan fingerprint density at radius 3 is 2.17 bits per heavy atom. The minimum Gasteiger partial charge on any atom is -0.490 e. The lowest BCUT2D eigenvalue weighted by molar-refractivity contribution is 0.0740. The fraction of sp³-hybridized carbons (Fsp3) is 0.294. The van der Waals surface area contributed by atoms with Crippen molar-refractivity contribution >= 4 is 40.5 Å². The van der Waals surface area contributed by atoms with E-state index in [1.54, 1.807) is 0 Å². The number of rotatable bonds is 7. The third-order valence-electron chi connectivity index (χ3n) is 7.60. The van der Waals surface area contributed by atoms with E-state index >= 15 is 0 Å². The Morgan fingerprint density at radius 1 is 0.951 bits per heavy atom. The monoisotopic (exact) mass is 628 g/mol. The summed E-state index contributed by atoms with van der Waals surface area (Å²) in [4.78, 5) is 20.4.